The summed E-state index contributed by atoms with van der Waals surface area (Å²) in [6.45, 7) is 1.89. The number of aromatic nitrogens is 2. The lowest BCUT2D eigenvalue weighted by molar-refractivity contribution is -0.121. The number of thioether (sulfide) groups is 1. The number of nitrogens with zero attached hydrogens (tertiary/aromatic N) is 3. The molecule has 0 bridgehead atoms. The van der Waals surface area contributed by atoms with Crippen LogP contribution in [0.4, 0.5) is 5.69 Å². The number of rotatable bonds is 5. The van der Waals surface area contributed by atoms with E-state index in [1.807, 2.05) is 25.1 Å². The van der Waals surface area contributed by atoms with Crippen molar-refractivity contribution in [2.45, 2.75) is 23.8 Å². The van der Waals surface area contributed by atoms with Crippen molar-refractivity contribution in [3.05, 3.63) is 48.2 Å². The summed E-state index contributed by atoms with van der Waals surface area (Å²) in [4.78, 5) is 35.7. The van der Waals surface area contributed by atoms with Crippen molar-refractivity contribution in [2.24, 2.45) is 0 Å². The number of hydrogen-bond donors (Lipinski definition) is 0. The summed E-state index contributed by atoms with van der Waals surface area (Å²) in [7, 11) is 3.17. The normalized spacial score (nSPS) is 16.5. The third-order valence-corrected chi connectivity index (χ3v) is 5.80. The molecule has 148 valence electrons. The first-order chi connectivity index (χ1) is 14.0. The van der Waals surface area contributed by atoms with Crippen LogP contribution in [0.2, 0.25) is 0 Å². The summed E-state index contributed by atoms with van der Waals surface area (Å²) >= 11 is 1.22. The summed E-state index contributed by atoms with van der Waals surface area (Å²) in [5.41, 5.74) is 2.09. The second kappa shape index (κ2) is 7.71. The Morgan fingerprint density at radius 2 is 1.69 bits per heavy atom. The second-order valence-electron chi connectivity index (χ2n) is 6.55. The van der Waals surface area contributed by atoms with E-state index in [4.69, 9.17) is 9.47 Å². The molecule has 4 rings (SSSR count). The molecule has 1 aliphatic rings. The van der Waals surface area contributed by atoms with Gasteiger partial charge in [-0.05, 0) is 49.4 Å². The molecule has 1 saturated heterocycles. The first-order valence-corrected chi connectivity index (χ1v) is 9.88. The van der Waals surface area contributed by atoms with Gasteiger partial charge in [-0.2, -0.15) is 0 Å². The molecular formula is C21H19N3O4S. The maximum absolute atomic E-state index is 12.9. The Morgan fingerprint density at radius 1 is 1.00 bits per heavy atom. The number of ether oxygens (including phenoxy) is 2. The Balaban J connectivity index is 1.58. The van der Waals surface area contributed by atoms with E-state index in [1.165, 1.54) is 16.7 Å². The van der Waals surface area contributed by atoms with Crippen LogP contribution < -0.4 is 14.4 Å². The number of amides is 2. The molecule has 0 aliphatic carbocycles. The van der Waals surface area contributed by atoms with Gasteiger partial charge in [-0.1, -0.05) is 11.8 Å². The second-order valence-corrected chi connectivity index (χ2v) is 7.72. The van der Waals surface area contributed by atoms with Crippen LogP contribution in [0.1, 0.15) is 12.1 Å². The van der Waals surface area contributed by atoms with E-state index in [-0.39, 0.29) is 18.2 Å². The molecule has 1 fully saturated rings. The molecule has 0 radical (unpaired) electrons. The van der Waals surface area contributed by atoms with E-state index in [2.05, 4.69) is 9.97 Å². The fourth-order valence-corrected chi connectivity index (χ4v) is 4.27. The van der Waals surface area contributed by atoms with Crippen LogP contribution in [-0.4, -0.2) is 41.3 Å². The number of carbonyl (C=O) groups excluding carboxylic acids is 2. The fraction of sp³-hybridized carbons (Fsp3) is 0.238. The van der Waals surface area contributed by atoms with Crippen molar-refractivity contribution in [2.75, 3.05) is 19.1 Å². The van der Waals surface area contributed by atoms with Crippen LogP contribution in [0.15, 0.2) is 47.6 Å². The molecule has 0 N–H and O–H groups in total. The first kappa shape index (κ1) is 19.2. The Bertz CT molecular complexity index is 1100. The zero-order valence-electron chi connectivity index (χ0n) is 16.2. The molecule has 0 spiro atoms. The zero-order valence-corrected chi connectivity index (χ0v) is 17.0. The number of hydrogen-bond acceptors (Lipinski definition) is 7. The molecule has 1 atom stereocenters. The highest BCUT2D eigenvalue weighted by Gasteiger charge is 2.40. The largest absolute Gasteiger partial charge is 0.497 e. The standard InChI is InChI=1S/C21H19N3O4S/c1-12-16-10-15(28-3)8-9-17(16)23-21(22-12)29-18-11-19(25)24(20(18)26)13-4-6-14(27-2)7-5-13/h4-10,18H,11H2,1-3H3/t18-/m0/s1. The van der Waals surface area contributed by atoms with Gasteiger partial charge in [0, 0.05) is 17.5 Å². The monoisotopic (exact) mass is 409 g/mol. The van der Waals surface area contributed by atoms with Gasteiger partial charge >= 0.3 is 0 Å². The lowest BCUT2D eigenvalue weighted by atomic mass is 10.2. The number of fused-ring (bicyclic) bond motifs is 1. The summed E-state index contributed by atoms with van der Waals surface area (Å²) < 4.78 is 10.4. The van der Waals surface area contributed by atoms with Crippen molar-refractivity contribution in [1.82, 2.24) is 9.97 Å². The van der Waals surface area contributed by atoms with Crippen molar-refractivity contribution in [3.8, 4) is 11.5 Å². The molecule has 29 heavy (non-hydrogen) atoms. The summed E-state index contributed by atoms with van der Waals surface area (Å²) in [6, 6.07) is 12.4. The van der Waals surface area contributed by atoms with Gasteiger partial charge in [0.2, 0.25) is 11.8 Å². The average molecular weight is 409 g/mol. The molecule has 2 amide bonds. The molecule has 3 aromatic rings. The Labute approximate surface area is 172 Å². The predicted octanol–water partition coefficient (Wildman–Crippen LogP) is 3.38. The highest BCUT2D eigenvalue weighted by Crippen LogP contribution is 2.34. The number of benzene rings is 2. The molecule has 7 nitrogen and oxygen atoms in total. The Hall–Kier alpha value is -3.13. The van der Waals surface area contributed by atoms with Crippen LogP contribution in [0.5, 0.6) is 11.5 Å². The number of carbonyl (C=O) groups is 2. The van der Waals surface area contributed by atoms with Crippen molar-refractivity contribution >= 4 is 40.2 Å². The van der Waals surface area contributed by atoms with Gasteiger partial charge in [-0.3, -0.25) is 9.59 Å². The van der Waals surface area contributed by atoms with Gasteiger partial charge in [0.05, 0.1) is 25.4 Å². The van der Waals surface area contributed by atoms with Crippen LogP contribution >= 0.6 is 11.8 Å². The van der Waals surface area contributed by atoms with Crippen molar-refractivity contribution in [1.29, 1.82) is 0 Å². The highest BCUT2D eigenvalue weighted by atomic mass is 32.2. The maximum Gasteiger partial charge on any atom is 0.247 e. The fourth-order valence-electron chi connectivity index (χ4n) is 3.24. The van der Waals surface area contributed by atoms with Crippen LogP contribution in [0.25, 0.3) is 10.9 Å². The summed E-state index contributed by atoms with van der Waals surface area (Å²) in [6.07, 6.45) is 0.110. The van der Waals surface area contributed by atoms with Gasteiger partial charge in [0.1, 0.15) is 16.7 Å². The average Bonchev–Trinajstić information content (AvgIpc) is 3.01. The summed E-state index contributed by atoms with van der Waals surface area (Å²) in [5.74, 6) is 0.896. The van der Waals surface area contributed by atoms with Gasteiger partial charge in [-0.15, -0.1) is 0 Å². The predicted molar refractivity (Wildman–Crippen MR) is 111 cm³/mol. The molecule has 0 saturated carbocycles. The van der Waals surface area contributed by atoms with E-state index >= 15 is 0 Å². The molecular weight excluding hydrogens is 390 g/mol. The van der Waals surface area contributed by atoms with Crippen molar-refractivity contribution in [3.63, 3.8) is 0 Å². The number of methoxy groups -OCH3 is 2. The van der Waals surface area contributed by atoms with Crippen molar-refractivity contribution < 1.29 is 19.1 Å². The number of aryl methyl sites for hydroxylation is 1. The van der Waals surface area contributed by atoms with Gasteiger partial charge < -0.3 is 9.47 Å². The highest BCUT2D eigenvalue weighted by molar-refractivity contribution is 8.00. The van der Waals surface area contributed by atoms with Gasteiger partial charge in [-0.25, -0.2) is 14.9 Å². The lowest BCUT2D eigenvalue weighted by Gasteiger charge is -2.15. The smallest absolute Gasteiger partial charge is 0.247 e. The lowest BCUT2D eigenvalue weighted by Crippen LogP contribution is -2.31. The molecule has 8 heteroatoms. The van der Waals surface area contributed by atoms with Gasteiger partial charge in [0.25, 0.3) is 0 Å². The third kappa shape index (κ3) is 3.63. The van der Waals surface area contributed by atoms with Crippen LogP contribution in [0.3, 0.4) is 0 Å². The first-order valence-electron chi connectivity index (χ1n) is 9.00. The third-order valence-electron chi connectivity index (χ3n) is 4.76. The van der Waals surface area contributed by atoms with E-state index in [0.717, 1.165) is 22.3 Å². The SMILES string of the molecule is COc1ccc(N2C(=O)C[C@H](Sc3nc(C)c4cc(OC)ccc4n3)C2=O)cc1. The molecule has 2 heterocycles. The quantitative estimate of drug-likeness (QED) is 0.472. The van der Waals surface area contributed by atoms with E-state index in [1.54, 1.807) is 38.5 Å². The minimum Gasteiger partial charge on any atom is -0.497 e. The van der Waals surface area contributed by atoms with Crippen LogP contribution in [-0.2, 0) is 9.59 Å². The summed E-state index contributed by atoms with van der Waals surface area (Å²) in [5, 5.41) is 0.810. The minimum atomic E-state index is -0.556. The molecule has 1 aromatic heterocycles. The molecule has 2 aromatic carbocycles. The number of anilines is 1. The van der Waals surface area contributed by atoms with Gasteiger partial charge in [0.15, 0.2) is 5.16 Å². The van der Waals surface area contributed by atoms with E-state index in [0.29, 0.717) is 16.6 Å². The maximum atomic E-state index is 12.9. The number of imide groups is 1. The van der Waals surface area contributed by atoms with E-state index < -0.39 is 5.25 Å². The topological polar surface area (TPSA) is 81.6 Å². The van der Waals surface area contributed by atoms with E-state index in [9.17, 15) is 9.59 Å². The Kier molecular flexibility index (Phi) is 5.10. The Morgan fingerprint density at radius 3 is 2.38 bits per heavy atom. The molecule has 1 aliphatic heterocycles. The van der Waals surface area contributed by atoms with Crippen LogP contribution in [0, 0.1) is 6.92 Å². The zero-order chi connectivity index (χ0) is 20.5. The minimum absolute atomic E-state index is 0.110. The molecule has 0 unspecified atom stereocenters.